The first kappa shape index (κ1) is 24.1. The third kappa shape index (κ3) is 6.69. The Kier molecular flexibility index (Phi) is 8.25. The van der Waals surface area contributed by atoms with E-state index in [4.69, 9.17) is 4.74 Å². The van der Waals surface area contributed by atoms with Crippen molar-refractivity contribution >= 4 is 23.2 Å². The zero-order chi connectivity index (χ0) is 23.8. The lowest BCUT2D eigenvalue weighted by Gasteiger charge is -2.15. The Morgan fingerprint density at radius 3 is 2.30 bits per heavy atom. The summed E-state index contributed by atoms with van der Waals surface area (Å²) in [6, 6.07) is 22.4. The van der Waals surface area contributed by atoms with Crippen LogP contribution in [0.2, 0.25) is 0 Å². The summed E-state index contributed by atoms with van der Waals surface area (Å²) in [6.45, 7) is 8.67. The molecule has 0 aliphatic heterocycles. The predicted octanol–water partition coefficient (Wildman–Crippen LogP) is 6.28. The van der Waals surface area contributed by atoms with Gasteiger partial charge in [-0.05, 0) is 67.6 Å². The van der Waals surface area contributed by atoms with Crippen LogP contribution in [0.3, 0.4) is 0 Å². The first-order chi connectivity index (χ1) is 15.9. The number of nitrogens with one attached hydrogen (secondary N) is 2. The highest BCUT2D eigenvalue weighted by atomic mass is 16.5. The molecule has 172 valence electrons. The molecule has 0 aromatic heterocycles. The van der Waals surface area contributed by atoms with Gasteiger partial charge in [-0.15, -0.1) is 0 Å². The Balaban J connectivity index is 1.67. The Bertz CT molecular complexity index is 1090. The van der Waals surface area contributed by atoms with E-state index in [-0.39, 0.29) is 17.7 Å². The lowest BCUT2D eigenvalue weighted by Crippen LogP contribution is -2.19. The number of hydrogen-bond acceptors (Lipinski definition) is 3. The molecule has 2 N–H and O–H groups in total. The molecule has 0 spiro atoms. The monoisotopic (exact) mass is 444 g/mol. The SMILES string of the molecule is CCOc1ccccc1NC(=O)c1cccc(NC(=O)[C@H](C)c2ccc(CC(C)C)cc2)c1. The van der Waals surface area contributed by atoms with Gasteiger partial charge in [0.15, 0.2) is 0 Å². The minimum atomic E-state index is -0.311. The van der Waals surface area contributed by atoms with Gasteiger partial charge in [-0.1, -0.05) is 56.3 Å². The number of rotatable bonds is 9. The number of para-hydroxylation sites is 2. The lowest BCUT2D eigenvalue weighted by atomic mass is 9.96. The zero-order valence-corrected chi connectivity index (χ0v) is 19.7. The molecule has 1 atom stereocenters. The number of carbonyl (C=O) groups excluding carboxylic acids is 2. The molecule has 0 radical (unpaired) electrons. The number of anilines is 2. The number of hydrogen-bond donors (Lipinski definition) is 2. The van der Waals surface area contributed by atoms with Crippen LogP contribution in [0.4, 0.5) is 11.4 Å². The van der Waals surface area contributed by atoms with E-state index in [9.17, 15) is 9.59 Å². The van der Waals surface area contributed by atoms with Crippen molar-refractivity contribution in [1.29, 1.82) is 0 Å². The van der Waals surface area contributed by atoms with Crippen molar-refractivity contribution in [2.45, 2.75) is 40.0 Å². The van der Waals surface area contributed by atoms with E-state index in [0.717, 1.165) is 12.0 Å². The van der Waals surface area contributed by atoms with Crippen LogP contribution in [0, 0.1) is 5.92 Å². The normalized spacial score (nSPS) is 11.7. The maximum Gasteiger partial charge on any atom is 0.255 e. The van der Waals surface area contributed by atoms with Gasteiger partial charge in [-0.2, -0.15) is 0 Å². The van der Waals surface area contributed by atoms with Crippen molar-refractivity contribution in [3.63, 3.8) is 0 Å². The molecule has 0 bridgehead atoms. The second-order valence-corrected chi connectivity index (χ2v) is 8.51. The molecule has 0 saturated heterocycles. The van der Waals surface area contributed by atoms with Gasteiger partial charge in [0.05, 0.1) is 18.2 Å². The Labute approximate surface area is 196 Å². The third-order valence-electron chi connectivity index (χ3n) is 5.34. The van der Waals surface area contributed by atoms with Crippen LogP contribution >= 0.6 is 0 Å². The maximum atomic E-state index is 12.8. The van der Waals surface area contributed by atoms with E-state index < -0.39 is 0 Å². The molecule has 3 aromatic rings. The quantitative estimate of drug-likeness (QED) is 0.408. The molecule has 5 nitrogen and oxygen atoms in total. The zero-order valence-electron chi connectivity index (χ0n) is 19.7. The summed E-state index contributed by atoms with van der Waals surface area (Å²) in [7, 11) is 0. The van der Waals surface area contributed by atoms with Crippen molar-refractivity contribution < 1.29 is 14.3 Å². The van der Waals surface area contributed by atoms with Crippen molar-refractivity contribution in [2.24, 2.45) is 5.92 Å². The van der Waals surface area contributed by atoms with Gasteiger partial charge in [0.1, 0.15) is 5.75 Å². The van der Waals surface area contributed by atoms with Gasteiger partial charge < -0.3 is 15.4 Å². The Morgan fingerprint density at radius 1 is 0.879 bits per heavy atom. The minimum Gasteiger partial charge on any atom is -0.492 e. The van der Waals surface area contributed by atoms with E-state index in [1.807, 2.05) is 44.2 Å². The van der Waals surface area contributed by atoms with Crippen LogP contribution in [0.15, 0.2) is 72.8 Å². The number of carbonyl (C=O) groups is 2. The van der Waals surface area contributed by atoms with Crippen LogP contribution < -0.4 is 15.4 Å². The van der Waals surface area contributed by atoms with Crippen LogP contribution in [-0.4, -0.2) is 18.4 Å². The standard InChI is InChI=1S/C28H32N2O3/c1-5-33-26-12-7-6-11-25(26)30-28(32)23-9-8-10-24(18-23)29-27(31)20(4)22-15-13-21(14-16-22)17-19(2)3/h6-16,18-20H,5,17H2,1-4H3,(H,29,31)(H,30,32)/t20-/m1/s1. The first-order valence-corrected chi connectivity index (χ1v) is 11.4. The maximum absolute atomic E-state index is 12.8. The average Bonchev–Trinajstić information content (AvgIpc) is 2.80. The summed E-state index contributed by atoms with van der Waals surface area (Å²) in [5.74, 6) is 0.506. The van der Waals surface area contributed by atoms with Gasteiger partial charge in [0.25, 0.3) is 5.91 Å². The van der Waals surface area contributed by atoms with E-state index >= 15 is 0 Å². The molecular weight excluding hydrogens is 412 g/mol. The fourth-order valence-electron chi connectivity index (χ4n) is 3.60. The summed E-state index contributed by atoms with van der Waals surface area (Å²) in [6.07, 6.45) is 1.02. The highest BCUT2D eigenvalue weighted by Gasteiger charge is 2.17. The van der Waals surface area contributed by atoms with Crippen molar-refractivity contribution in [3.8, 4) is 5.75 Å². The molecule has 0 unspecified atom stereocenters. The van der Waals surface area contributed by atoms with Crippen LogP contribution in [0.5, 0.6) is 5.75 Å². The largest absolute Gasteiger partial charge is 0.492 e. The van der Waals surface area contributed by atoms with Crippen molar-refractivity contribution in [1.82, 2.24) is 0 Å². The smallest absolute Gasteiger partial charge is 0.255 e. The van der Waals surface area contributed by atoms with Crippen LogP contribution in [-0.2, 0) is 11.2 Å². The highest BCUT2D eigenvalue weighted by molar-refractivity contribution is 6.06. The second kappa shape index (κ2) is 11.3. The summed E-state index contributed by atoms with van der Waals surface area (Å²) < 4.78 is 5.57. The van der Waals surface area contributed by atoms with E-state index in [2.05, 4.69) is 36.6 Å². The third-order valence-corrected chi connectivity index (χ3v) is 5.34. The van der Waals surface area contributed by atoms with Gasteiger partial charge >= 0.3 is 0 Å². The van der Waals surface area contributed by atoms with Crippen LogP contribution in [0.25, 0.3) is 0 Å². The van der Waals surface area contributed by atoms with Crippen LogP contribution in [0.1, 0.15) is 55.1 Å². The van der Waals surface area contributed by atoms with Gasteiger partial charge in [-0.3, -0.25) is 9.59 Å². The summed E-state index contributed by atoms with van der Waals surface area (Å²) in [4.78, 5) is 25.6. The molecule has 0 fully saturated rings. The highest BCUT2D eigenvalue weighted by Crippen LogP contribution is 2.25. The number of ether oxygens (including phenoxy) is 1. The van der Waals surface area contributed by atoms with Gasteiger partial charge in [0.2, 0.25) is 5.91 Å². The fraction of sp³-hybridized carbons (Fsp3) is 0.286. The molecule has 0 saturated carbocycles. The van der Waals surface area contributed by atoms with Gasteiger partial charge in [-0.25, -0.2) is 0 Å². The summed E-state index contributed by atoms with van der Waals surface area (Å²) in [5.41, 5.74) is 3.86. The number of amides is 2. The van der Waals surface area contributed by atoms with Crippen molar-refractivity contribution in [3.05, 3.63) is 89.5 Å². The van der Waals surface area contributed by atoms with E-state index in [1.54, 1.807) is 30.3 Å². The second-order valence-electron chi connectivity index (χ2n) is 8.51. The lowest BCUT2D eigenvalue weighted by molar-refractivity contribution is -0.117. The molecule has 0 aliphatic carbocycles. The average molecular weight is 445 g/mol. The molecule has 3 rings (SSSR count). The van der Waals surface area contributed by atoms with E-state index in [1.165, 1.54) is 5.56 Å². The molecule has 33 heavy (non-hydrogen) atoms. The Morgan fingerprint density at radius 2 is 1.61 bits per heavy atom. The Hall–Kier alpha value is -3.60. The summed E-state index contributed by atoms with van der Waals surface area (Å²) >= 11 is 0. The predicted molar refractivity (Wildman–Crippen MR) is 134 cm³/mol. The summed E-state index contributed by atoms with van der Waals surface area (Å²) in [5, 5.41) is 5.82. The minimum absolute atomic E-state index is 0.120. The van der Waals surface area contributed by atoms with Crippen molar-refractivity contribution in [2.75, 3.05) is 17.2 Å². The molecule has 0 aliphatic rings. The number of benzene rings is 3. The molecule has 0 heterocycles. The fourth-order valence-corrected chi connectivity index (χ4v) is 3.60. The van der Waals surface area contributed by atoms with E-state index in [0.29, 0.717) is 35.2 Å². The van der Waals surface area contributed by atoms with Gasteiger partial charge in [0, 0.05) is 11.3 Å². The topological polar surface area (TPSA) is 67.4 Å². The molecule has 2 amide bonds. The molecular formula is C28H32N2O3. The first-order valence-electron chi connectivity index (χ1n) is 11.4. The molecule has 3 aromatic carbocycles. The molecule has 5 heteroatoms.